The third kappa shape index (κ3) is 3.34. The maximum absolute atomic E-state index is 12.7. The number of amides is 1. The van der Waals surface area contributed by atoms with Crippen molar-refractivity contribution in [3.05, 3.63) is 66.2 Å². The molecule has 1 aliphatic rings. The molecule has 146 valence electrons. The lowest BCUT2D eigenvalue weighted by Crippen LogP contribution is -2.28. The van der Waals surface area contributed by atoms with E-state index in [-0.39, 0.29) is 5.91 Å². The van der Waals surface area contributed by atoms with Crippen LogP contribution in [0.4, 0.5) is 0 Å². The molecule has 1 amide bonds. The number of carbonyl (C=O) groups is 1. The Kier molecular flexibility index (Phi) is 4.65. The Labute approximate surface area is 168 Å². The van der Waals surface area contributed by atoms with E-state index in [9.17, 15) is 4.79 Å². The number of hydrogen-bond acceptors (Lipinski definition) is 5. The fraction of sp³-hybridized carbons (Fsp3) is 0.273. The lowest BCUT2D eigenvalue weighted by atomic mass is 10.0. The van der Waals surface area contributed by atoms with Gasteiger partial charge in [-0.2, -0.15) is 5.10 Å². The van der Waals surface area contributed by atoms with E-state index >= 15 is 0 Å². The van der Waals surface area contributed by atoms with Crippen molar-refractivity contribution in [2.45, 2.75) is 18.9 Å². The topological polar surface area (TPSA) is 84.7 Å². The highest BCUT2D eigenvalue weighted by atomic mass is 16.1. The molecular weight excluding hydrogens is 364 g/mol. The van der Waals surface area contributed by atoms with E-state index in [0.717, 1.165) is 47.0 Å². The van der Waals surface area contributed by atoms with E-state index in [1.165, 1.54) is 0 Å². The van der Waals surface area contributed by atoms with E-state index < -0.39 is 0 Å². The average Bonchev–Trinajstić information content (AvgIpc) is 3.41. The third-order valence-electron chi connectivity index (χ3n) is 5.48. The quantitative estimate of drug-likeness (QED) is 0.550. The highest BCUT2D eigenvalue weighted by Gasteiger charge is 2.23. The number of carbonyl (C=O) groups excluding carboxylic acids is 1. The van der Waals surface area contributed by atoms with Gasteiger partial charge in [-0.3, -0.25) is 9.78 Å². The van der Waals surface area contributed by atoms with E-state index in [1.54, 1.807) is 12.4 Å². The van der Waals surface area contributed by atoms with Crippen LogP contribution in [0.5, 0.6) is 0 Å². The van der Waals surface area contributed by atoms with Crippen LogP contribution < -0.4 is 10.6 Å². The van der Waals surface area contributed by atoms with Crippen molar-refractivity contribution in [1.82, 2.24) is 30.4 Å². The highest BCUT2D eigenvalue weighted by molar-refractivity contribution is 6.05. The molecule has 1 atom stereocenters. The van der Waals surface area contributed by atoms with Gasteiger partial charge in [-0.1, -0.05) is 24.3 Å². The molecule has 0 saturated carbocycles. The SMILES string of the molecule is O=C(NCCn1nc([C@H]2CCNC2)c2cccnc21)c1nccc2ccccc12. The number of fused-ring (bicyclic) bond motifs is 2. The minimum absolute atomic E-state index is 0.175. The monoisotopic (exact) mass is 386 g/mol. The van der Waals surface area contributed by atoms with E-state index in [1.807, 2.05) is 41.1 Å². The first-order valence-electron chi connectivity index (χ1n) is 9.95. The molecule has 0 spiro atoms. The van der Waals surface area contributed by atoms with Gasteiger partial charge in [-0.15, -0.1) is 0 Å². The van der Waals surface area contributed by atoms with E-state index in [2.05, 4.69) is 26.7 Å². The Morgan fingerprint density at radius 1 is 1.10 bits per heavy atom. The van der Waals surface area contributed by atoms with Crippen LogP contribution in [0, 0.1) is 0 Å². The first kappa shape index (κ1) is 17.8. The summed E-state index contributed by atoms with van der Waals surface area (Å²) < 4.78 is 1.90. The van der Waals surface area contributed by atoms with Crippen LogP contribution in [0.25, 0.3) is 21.8 Å². The zero-order valence-corrected chi connectivity index (χ0v) is 16.0. The second kappa shape index (κ2) is 7.60. The van der Waals surface area contributed by atoms with Crippen LogP contribution in [-0.2, 0) is 6.54 Å². The maximum atomic E-state index is 12.7. The van der Waals surface area contributed by atoms with Gasteiger partial charge in [0.2, 0.25) is 0 Å². The smallest absolute Gasteiger partial charge is 0.270 e. The summed E-state index contributed by atoms with van der Waals surface area (Å²) in [7, 11) is 0. The zero-order chi connectivity index (χ0) is 19.6. The van der Waals surface area contributed by atoms with Gasteiger partial charge in [0.1, 0.15) is 5.69 Å². The number of benzene rings is 1. The summed E-state index contributed by atoms with van der Waals surface area (Å²) in [4.78, 5) is 21.5. The molecule has 4 aromatic rings. The molecule has 3 aromatic heterocycles. The molecule has 0 unspecified atom stereocenters. The Hall–Kier alpha value is -3.32. The van der Waals surface area contributed by atoms with Crippen LogP contribution in [0.2, 0.25) is 0 Å². The number of nitrogens with one attached hydrogen (secondary N) is 2. The van der Waals surface area contributed by atoms with Gasteiger partial charge in [0, 0.05) is 42.2 Å². The molecule has 5 rings (SSSR count). The van der Waals surface area contributed by atoms with Gasteiger partial charge >= 0.3 is 0 Å². The molecule has 29 heavy (non-hydrogen) atoms. The molecule has 1 aliphatic heterocycles. The summed E-state index contributed by atoms with van der Waals surface area (Å²) in [6.07, 6.45) is 4.55. The Balaban J connectivity index is 1.34. The Morgan fingerprint density at radius 2 is 2.00 bits per heavy atom. The molecule has 1 fully saturated rings. The fourth-order valence-electron chi connectivity index (χ4n) is 4.04. The predicted molar refractivity (Wildman–Crippen MR) is 112 cm³/mol. The van der Waals surface area contributed by atoms with Gasteiger partial charge in [0.25, 0.3) is 5.91 Å². The largest absolute Gasteiger partial charge is 0.349 e. The average molecular weight is 386 g/mol. The molecule has 0 aliphatic carbocycles. The first-order valence-corrected chi connectivity index (χ1v) is 9.95. The van der Waals surface area contributed by atoms with E-state index in [4.69, 9.17) is 5.10 Å². The van der Waals surface area contributed by atoms with Crippen LogP contribution in [0.1, 0.15) is 28.5 Å². The number of pyridine rings is 2. The number of rotatable bonds is 5. The third-order valence-corrected chi connectivity index (χ3v) is 5.48. The van der Waals surface area contributed by atoms with Crippen molar-refractivity contribution in [3.8, 4) is 0 Å². The van der Waals surface area contributed by atoms with E-state index in [0.29, 0.717) is 24.7 Å². The van der Waals surface area contributed by atoms with Crippen LogP contribution in [0.15, 0.2) is 54.9 Å². The summed E-state index contributed by atoms with van der Waals surface area (Å²) in [5, 5.41) is 14.2. The lowest BCUT2D eigenvalue weighted by molar-refractivity contribution is 0.0949. The van der Waals surface area contributed by atoms with Crippen molar-refractivity contribution in [2.24, 2.45) is 0 Å². The summed E-state index contributed by atoms with van der Waals surface area (Å²) >= 11 is 0. The highest BCUT2D eigenvalue weighted by Crippen LogP contribution is 2.27. The van der Waals surface area contributed by atoms with Crippen molar-refractivity contribution >= 4 is 27.7 Å². The van der Waals surface area contributed by atoms with Gasteiger partial charge in [0.05, 0.1) is 12.2 Å². The minimum atomic E-state index is -0.175. The van der Waals surface area contributed by atoms with Gasteiger partial charge in [-0.05, 0) is 36.6 Å². The van der Waals surface area contributed by atoms with Gasteiger partial charge in [0.15, 0.2) is 5.65 Å². The normalized spacial score (nSPS) is 16.5. The molecule has 1 saturated heterocycles. The molecule has 0 radical (unpaired) electrons. The van der Waals surface area contributed by atoms with Crippen LogP contribution >= 0.6 is 0 Å². The van der Waals surface area contributed by atoms with Gasteiger partial charge in [-0.25, -0.2) is 9.67 Å². The minimum Gasteiger partial charge on any atom is -0.349 e. The molecule has 4 heterocycles. The van der Waals surface area contributed by atoms with Gasteiger partial charge < -0.3 is 10.6 Å². The zero-order valence-electron chi connectivity index (χ0n) is 16.0. The Morgan fingerprint density at radius 3 is 2.90 bits per heavy atom. The second-order valence-electron chi connectivity index (χ2n) is 7.31. The molecule has 2 N–H and O–H groups in total. The van der Waals surface area contributed by atoms with Crippen molar-refractivity contribution in [1.29, 1.82) is 0 Å². The number of hydrogen-bond donors (Lipinski definition) is 2. The van der Waals surface area contributed by atoms with Crippen molar-refractivity contribution in [2.75, 3.05) is 19.6 Å². The molecule has 0 bridgehead atoms. The standard InChI is InChI=1S/C22H22N6O/c29-22(20-17-5-2-1-4-15(17)8-11-24-20)26-12-13-28-21-18(6-3-9-25-21)19(27-28)16-7-10-23-14-16/h1-6,8-9,11,16,23H,7,10,12-14H2,(H,26,29)/t16-/m0/s1. The van der Waals surface area contributed by atoms with Crippen molar-refractivity contribution < 1.29 is 4.79 Å². The number of nitrogens with zero attached hydrogens (tertiary/aromatic N) is 4. The van der Waals surface area contributed by atoms with Crippen molar-refractivity contribution in [3.63, 3.8) is 0 Å². The second-order valence-corrected chi connectivity index (χ2v) is 7.31. The molecule has 1 aromatic carbocycles. The van der Waals surface area contributed by atoms with Crippen LogP contribution in [-0.4, -0.2) is 45.3 Å². The summed E-state index contributed by atoms with van der Waals surface area (Å²) in [5.74, 6) is 0.240. The number of aromatic nitrogens is 4. The predicted octanol–water partition coefficient (Wildman–Crippen LogP) is 2.49. The van der Waals surface area contributed by atoms with Crippen LogP contribution in [0.3, 0.4) is 0 Å². The summed E-state index contributed by atoms with van der Waals surface area (Å²) in [6.45, 7) is 2.99. The first-order chi connectivity index (χ1) is 14.3. The fourth-order valence-corrected chi connectivity index (χ4v) is 4.04. The Bertz CT molecular complexity index is 1170. The molecular formula is C22H22N6O. The molecule has 7 heteroatoms. The summed E-state index contributed by atoms with van der Waals surface area (Å²) in [5.41, 5.74) is 2.41. The summed E-state index contributed by atoms with van der Waals surface area (Å²) in [6, 6.07) is 13.7. The molecule has 7 nitrogen and oxygen atoms in total. The lowest BCUT2D eigenvalue weighted by Gasteiger charge is -2.08. The maximum Gasteiger partial charge on any atom is 0.270 e.